The van der Waals surface area contributed by atoms with Crippen LogP contribution in [0.2, 0.25) is 0 Å². The SMILES string of the molecule is c1ccc2c(c1)CCC(NCC1CCC3(CCCC3)O1)C2. The van der Waals surface area contributed by atoms with Crippen LogP contribution in [0.1, 0.15) is 56.1 Å². The molecule has 114 valence electrons. The van der Waals surface area contributed by atoms with Gasteiger partial charge in [0.25, 0.3) is 0 Å². The van der Waals surface area contributed by atoms with Crippen LogP contribution in [0.5, 0.6) is 0 Å². The Kier molecular flexibility index (Phi) is 3.76. The van der Waals surface area contributed by atoms with Crippen molar-refractivity contribution < 1.29 is 4.74 Å². The predicted molar refractivity (Wildman–Crippen MR) is 85.6 cm³/mol. The molecule has 2 heteroatoms. The van der Waals surface area contributed by atoms with Crippen LogP contribution in [0, 0.1) is 0 Å². The van der Waals surface area contributed by atoms with E-state index in [-0.39, 0.29) is 5.60 Å². The largest absolute Gasteiger partial charge is 0.370 e. The highest BCUT2D eigenvalue weighted by atomic mass is 16.5. The minimum absolute atomic E-state index is 0.283. The summed E-state index contributed by atoms with van der Waals surface area (Å²) in [7, 11) is 0. The quantitative estimate of drug-likeness (QED) is 0.916. The number of hydrogen-bond donors (Lipinski definition) is 1. The van der Waals surface area contributed by atoms with E-state index in [0.717, 1.165) is 6.54 Å². The molecule has 1 N–H and O–H groups in total. The Hall–Kier alpha value is -0.860. The highest BCUT2D eigenvalue weighted by molar-refractivity contribution is 5.30. The van der Waals surface area contributed by atoms with Crippen molar-refractivity contribution in [2.45, 2.75) is 75.5 Å². The molecule has 1 heterocycles. The van der Waals surface area contributed by atoms with Crippen LogP contribution in [-0.4, -0.2) is 24.3 Å². The highest BCUT2D eigenvalue weighted by Crippen LogP contribution is 2.43. The monoisotopic (exact) mass is 285 g/mol. The lowest BCUT2D eigenvalue weighted by molar-refractivity contribution is -0.0359. The van der Waals surface area contributed by atoms with Crippen molar-refractivity contribution in [2.24, 2.45) is 0 Å². The lowest BCUT2D eigenvalue weighted by atomic mass is 9.88. The van der Waals surface area contributed by atoms with Crippen LogP contribution < -0.4 is 5.32 Å². The van der Waals surface area contributed by atoms with E-state index in [2.05, 4.69) is 29.6 Å². The van der Waals surface area contributed by atoms with Gasteiger partial charge in [0.05, 0.1) is 11.7 Å². The molecule has 0 amide bonds. The maximum absolute atomic E-state index is 6.41. The zero-order valence-corrected chi connectivity index (χ0v) is 12.9. The molecule has 0 bridgehead atoms. The van der Waals surface area contributed by atoms with Gasteiger partial charge in [-0.25, -0.2) is 0 Å². The van der Waals surface area contributed by atoms with E-state index in [0.29, 0.717) is 12.1 Å². The molecule has 0 radical (unpaired) electrons. The molecule has 0 aromatic heterocycles. The zero-order valence-electron chi connectivity index (χ0n) is 12.9. The van der Waals surface area contributed by atoms with Crippen LogP contribution in [-0.2, 0) is 17.6 Å². The fourth-order valence-electron chi connectivity index (χ4n) is 4.60. The smallest absolute Gasteiger partial charge is 0.0708 e. The molecular formula is C19H27NO. The second-order valence-electron chi connectivity index (χ2n) is 7.29. The van der Waals surface area contributed by atoms with Crippen molar-refractivity contribution >= 4 is 0 Å². The van der Waals surface area contributed by atoms with E-state index in [4.69, 9.17) is 4.74 Å². The summed E-state index contributed by atoms with van der Waals surface area (Å²) < 4.78 is 6.41. The topological polar surface area (TPSA) is 21.3 Å². The van der Waals surface area contributed by atoms with E-state index < -0.39 is 0 Å². The van der Waals surface area contributed by atoms with Crippen LogP contribution in [0.15, 0.2) is 24.3 Å². The van der Waals surface area contributed by atoms with Gasteiger partial charge in [0.15, 0.2) is 0 Å². The van der Waals surface area contributed by atoms with Gasteiger partial charge in [-0.2, -0.15) is 0 Å². The van der Waals surface area contributed by atoms with Crippen molar-refractivity contribution in [2.75, 3.05) is 6.54 Å². The average molecular weight is 285 g/mol. The minimum atomic E-state index is 0.283. The first-order chi connectivity index (χ1) is 10.3. The second-order valence-corrected chi connectivity index (χ2v) is 7.29. The maximum Gasteiger partial charge on any atom is 0.0708 e. The second kappa shape index (κ2) is 5.73. The van der Waals surface area contributed by atoms with Crippen molar-refractivity contribution in [3.05, 3.63) is 35.4 Å². The summed E-state index contributed by atoms with van der Waals surface area (Å²) in [4.78, 5) is 0. The molecule has 2 atom stereocenters. The van der Waals surface area contributed by atoms with E-state index >= 15 is 0 Å². The molecule has 4 rings (SSSR count). The summed E-state index contributed by atoms with van der Waals surface area (Å²) >= 11 is 0. The third-order valence-electron chi connectivity index (χ3n) is 5.83. The Morgan fingerprint density at radius 1 is 1.05 bits per heavy atom. The fourth-order valence-corrected chi connectivity index (χ4v) is 4.60. The van der Waals surface area contributed by atoms with E-state index in [1.807, 2.05) is 0 Å². The predicted octanol–water partition coefficient (Wildman–Crippen LogP) is 3.63. The Morgan fingerprint density at radius 3 is 2.71 bits per heavy atom. The molecule has 2 fully saturated rings. The number of rotatable bonds is 3. The molecule has 3 aliphatic rings. The van der Waals surface area contributed by atoms with Gasteiger partial charge < -0.3 is 10.1 Å². The molecule has 2 aliphatic carbocycles. The maximum atomic E-state index is 6.41. The number of benzene rings is 1. The molecule has 1 aliphatic heterocycles. The Labute approximate surface area is 128 Å². The van der Waals surface area contributed by atoms with Gasteiger partial charge in [0.2, 0.25) is 0 Å². The molecular weight excluding hydrogens is 258 g/mol. The van der Waals surface area contributed by atoms with Gasteiger partial charge in [0, 0.05) is 12.6 Å². The molecule has 1 saturated carbocycles. The van der Waals surface area contributed by atoms with E-state index in [9.17, 15) is 0 Å². The standard InChI is InChI=1S/C19H27NO/c1-2-6-16-13-17(8-7-15(16)5-1)20-14-18-9-12-19(21-18)10-3-4-11-19/h1-2,5-6,17-18,20H,3-4,7-14H2. The van der Waals surface area contributed by atoms with Gasteiger partial charge in [-0.15, -0.1) is 0 Å². The lowest BCUT2D eigenvalue weighted by Crippen LogP contribution is -2.40. The third kappa shape index (κ3) is 2.89. The Bertz CT molecular complexity index is 492. The number of ether oxygens (including phenoxy) is 1. The lowest BCUT2D eigenvalue weighted by Gasteiger charge is -2.28. The highest BCUT2D eigenvalue weighted by Gasteiger charge is 2.42. The van der Waals surface area contributed by atoms with Crippen LogP contribution in [0.3, 0.4) is 0 Å². The molecule has 1 saturated heterocycles. The zero-order chi connectivity index (χ0) is 14.1. The van der Waals surface area contributed by atoms with Gasteiger partial charge in [-0.3, -0.25) is 0 Å². The molecule has 2 nitrogen and oxygen atoms in total. The molecule has 2 unspecified atom stereocenters. The number of fused-ring (bicyclic) bond motifs is 1. The molecule has 1 aromatic carbocycles. The number of hydrogen-bond acceptors (Lipinski definition) is 2. The van der Waals surface area contributed by atoms with Crippen molar-refractivity contribution in [1.29, 1.82) is 0 Å². The number of aryl methyl sites for hydroxylation is 1. The molecule has 1 spiro atoms. The summed E-state index contributed by atoms with van der Waals surface area (Å²) in [5.74, 6) is 0. The Morgan fingerprint density at radius 2 is 1.86 bits per heavy atom. The van der Waals surface area contributed by atoms with Gasteiger partial charge in [-0.05, 0) is 56.1 Å². The van der Waals surface area contributed by atoms with Crippen molar-refractivity contribution in [3.63, 3.8) is 0 Å². The van der Waals surface area contributed by atoms with E-state index in [1.165, 1.54) is 57.8 Å². The first-order valence-electron chi connectivity index (χ1n) is 8.81. The first kappa shape index (κ1) is 13.8. The molecule has 21 heavy (non-hydrogen) atoms. The number of nitrogens with one attached hydrogen (secondary N) is 1. The summed E-state index contributed by atoms with van der Waals surface area (Å²) in [5, 5.41) is 3.79. The Balaban J connectivity index is 1.29. The summed E-state index contributed by atoms with van der Waals surface area (Å²) in [6.45, 7) is 1.05. The summed E-state index contributed by atoms with van der Waals surface area (Å²) in [5.41, 5.74) is 3.38. The van der Waals surface area contributed by atoms with Crippen LogP contribution >= 0.6 is 0 Å². The third-order valence-corrected chi connectivity index (χ3v) is 5.83. The van der Waals surface area contributed by atoms with Crippen LogP contribution in [0.4, 0.5) is 0 Å². The van der Waals surface area contributed by atoms with Gasteiger partial charge in [-0.1, -0.05) is 37.1 Å². The fraction of sp³-hybridized carbons (Fsp3) is 0.684. The average Bonchev–Trinajstić information content (AvgIpc) is 3.15. The first-order valence-corrected chi connectivity index (χ1v) is 8.81. The minimum Gasteiger partial charge on any atom is -0.370 e. The van der Waals surface area contributed by atoms with Gasteiger partial charge >= 0.3 is 0 Å². The molecule has 1 aromatic rings. The van der Waals surface area contributed by atoms with E-state index in [1.54, 1.807) is 11.1 Å². The van der Waals surface area contributed by atoms with Crippen molar-refractivity contribution in [1.82, 2.24) is 5.32 Å². The normalized spacial score (nSPS) is 30.7. The summed E-state index contributed by atoms with van der Waals surface area (Å²) in [6.07, 6.45) is 12.1. The van der Waals surface area contributed by atoms with Gasteiger partial charge in [0.1, 0.15) is 0 Å². The van der Waals surface area contributed by atoms with Crippen molar-refractivity contribution in [3.8, 4) is 0 Å². The van der Waals surface area contributed by atoms with Crippen LogP contribution in [0.25, 0.3) is 0 Å². The summed E-state index contributed by atoms with van der Waals surface area (Å²) in [6, 6.07) is 9.56.